The number of carbonyl (C=O) groups is 1. The predicted octanol–water partition coefficient (Wildman–Crippen LogP) is -0.393. The SMILES string of the molecule is Cn1cnnc1C(=O)CC1CNC1. The Labute approximate surface area is 76.2 Å². The van der Waals surface area contributed by atoms with Crippen LogP contribution in [0.3, 0.4) is 0 Å². The van der Waals surface area contributed by atoms with Crippen LogP contribution < -0.4 is 5.32 Å². The minimum atomic E-state index is 0.0894. The fourth-order valence-electron chi connectivity index (χ4n) is 1.38. The number of carbonyl (C=O) groups excluding carboxylic acids is 1. The Bertz CT molecular complexity index is 316. The smallest absolute Gasteiger partial charge is 0.200 e. The molecule has 0 aromatic carbocycles. The average molecular weight is 180 g/mol. The van der Waals surface area contributed by atoms with Gasteiger partial charge in [-0.3, -0.25) is 4.79 Å². The molecule has 1 aliphatic heterocycles. The summed E-state index contributed by atoms with van der Waals surface area (Å²) in [6.07, 6.45) is 2.13. The third-order valence-electron chi connectivity index (χ3n) is 2.30. The van der Waals surface area contributed by atoms with E-state index in [1.165, 1.54) is 0 Å². The molecule has 1 aromatic heterocycles. The lowest BCUT2D eigenvalue weighted by Crippen LogP contribution is -2.43. The summed E-state index contributed by atoms with van der Waals surface area (Å²) in [5.41, 5.74) is 0. The predicted molar refractivity (Wildman–Crippen MR) is 46.3 cm³/mol. The van der Waals surface area contributed by atoms with Gasteiger partial charge in [0.1, 0.15) is 6.33 Å². The highest BCUT2D eigenvalue weighted by atomic mass is 16.1. The van der Waals surface area contributed by atoms with E-state index < -0.39 is 0 Å². The van der Waals surface area contributed by atoms with E-state index in [4.69, 9.17) is 0 Å². The first-order valence-corrected chi connectivity index (χ1v) is 4.35. The van der Waals surface area contributed by atoms with Gasteiger partial charge >= 0.3 is 0 Å². The first-order valence-electron chi connectivity index (χ1n) is 4.35. The topological polar surface area (TPSA) is 59.8 Å². The van der Waals surface area contributed by atoms with Crippen LogP contribution in [0.1, 0.15) is 17.0 Å². The number of rotatable bonds is 3. The Morgan fingerprint density at radius 1 is 1.77 bits per heavy atom. The van der Waals surface area contributed by atoms with Crippen LogP contribution in [0.15, 0.2) is 6.33 Å². The first-order chi connectivity index (χ1) is 6.27. The molecular formula is C8H12N4O. The highest BCUT2D eigenvalue weighted by Gasteiger charge is 2.22. The van der Waals surface area contributed by atoms with Crippen molar-refractivity contribution in [3.05, 3.63) is 12.2 Å². The van der Waals surface area contributed by atoms with Crippen LogP contribution >= 0.6 is 0 Å². The van der Waals surface area contributed by atoms with Crippen molar-refractivity contribution in [1.29, 1.82) is 0 Å². The molecule has 0 spiro atoms. The van der Waals surface area contributed by atoms with Crippen molar-refractivity contribution in [2.45, 2.75) is 6.42 Å². The van der Waals surface area contributed by atoms with Crippen LogP contribution in [-0.2, 0) is 7.05 Å². The molecular weight excluding hydrogens is 168 g/mol. The van der Waals surface area contributed by atoms with Crippen LogP contribution in [0.25, 0.3) is 0 Å². The second-order valence-corrected chi connectivity index (χ2v) is 3.42. The molecule has 0 radical (unpaired) electrons. The third-order valence-corrected chi connectivity index (χ3v) is 2.30. The Balaban J connectivity index is 2.00. The number of Topliss-reactive ketones (excluding diaryl/α,β-unsaturated/α-hetero) is 1. The Hall–Kier alpha value is -1.23. The van der Waals surface area contributed by atoms with Crippen LogP contribution in [-0.4, -0.2) is 33.6 Å². The lowest BCUT2D eigenvalue weighted by molar-refractivity contribution is 0.0932. The summed E-state index contributed by atoms with van der Waals surface area (Å²) in [6, 6.07) is 0. The van der Waals surface area contributed by atoms with Crippen LogP contribution in [0, 0.1) is 5.92 Å². The van der Waals surface area contributed by atoms with Gasteiger partial charge < -0.3 is 9.88 Å². The van der Waals surface area contributed by atoms with Crippen molar-refractivity contribution in [2.24, 2.45) is 13.0 Å². The van der Waals surface area contributed by atoms with Crippen molar-refractivity contribution in [3.8, 4) is 0 Å². The molecule has 70 valence electrons. The monoisotopic (exact) mass is 180 g/mol. The third kappa shape index (κ3) is 1.60. The normalized spacial score (nSPS) is 17.0. The quantitative estimate of drug-likeness (QED) is 0.643. The molecule has 0 aliphatic carbocycles. The van der Waals surface area contributed by atoms with E-state index in [2.05, 4.69) is 15.5 Å². The molecule has 1 N–H and O–H groups in total. The number of aromatic nitrogens is 3. The molecule has 2 heterocycles. The summed E-state index contributed by atoms with van der Waals surface area (Å²) in [4.78, 5) is 11.6. The minimum absolute atomic E-state index is 0.0894. The lowest BCUT2D eigenvalue weighted by atomic mass is 9.96. The van der Waals surface area contributed by atoms with Gasteiger partial charge in [-0.2, -0.15) is 0 Å². The maximum atomic E-state index is 11.6. The van der Waals surface area contributed by atoms with Crippen molar-refractivity contribution in [2.75, 3.05) is 13.1 Å². The van der Waals surface area contributed by atoms with Gasteiger partial charge in [-0.25, -0.2) is 0 Å². The average Bonchev–Trinajstić information content (AvgIpc) is 2.43. The molecule has 5 heteroatoms. The second kappa shape index (κ2) is 3.26. The van der Waals surface area contributed by atoms with Gasteiger partial charge in [0, 0.05) is 13.5 Å². The van der Waals surface area contributed by atoms with Crippen molar-refractivity contribution in [3.63, 3.8) is 0 Å². The van der Waals surface area contributed by atoms with Crippen molar-refractivity contribution in [1.82, 2.24) is 20.1 Å². The molecule has 1 fully saturated rings. The van der Waals surface area contributed by atoms with Crippen LogP contribution in [0.2, 0.25) is 0 Å². The van der Waals surface area contributed by atoms with E-state index in [-0.39, 0.29) is 5.78 Å². The van der Waals surface area contributed by atoms with E-state index in [0.29, 0.717) is 18.2 Å². The number of ketones is 1. The summed E-state index contributed by atoms with van der Waals surface area (Å²) >= 11 is 0. The first kappa shape index (κ1) is 8.37. The Morgan fingerprint density at radius 3 is 3.00 bits per heavy atom. The fraction of sp³-hybridized carbons (Fsp3) is 0.625. The zero-order chi connectivity index (χ0) is 9.26. The molecule has 0 amide bonds. The number of hydrogen-bond acceptors (Lipinski definition) is 4. The number of nitrogens with one attached hydrogen (secondary N) is 1. The summed E-state index contributed by atoms with van der Waals surface area (Å²) in [5, 5.41) is 10.6. The maximum absolute atomic E-state index is 11.6. The van der Waals surface area contributed by atoms with Gasteiger partial charge in [0.05, 0.1) is 0 Å². The molecule has 1 saturated heterocycles. The molecule has 0 atom stereocenters. The van der Waals surface area contributed by atoms with E-state index in [1.54, 1.807) is 17.9 Å². The molecule has 0 unspecified atom stereocenters. The summed E-state index contributed by atoms with van der Waals surface area (Å²) in [7, 11) is 1.78. The minimum Gasteiger partial charge on any atom is -0.316 e. The van der Waals surface area contributed by atoms with Gasteiger partial charge in [0.2, 0.25) is 5.78 Å². The van der Waals surface area contributed by atoms with E-state index in [0.717, 1.165) is 13.1 Å². The standard InChI is InChI=1S/C8H12N4O/c1-12-5-10-11-8(12)7(13)2-6-3-9-4-6/h5-6,9H,2-4H2,1H3. The van der Waals surface area contributed by atoms with Gasteiger partial charge in [-0.15, -0.1) is 10.2 Å². The molecule has 1 aliphatic rings. The van der Waals surface area contributed by atoms with Gasteiger partial charge in [-0.05, 0) is 19.0 Å². The largest absolute Gasteiger partial charge is 0.316 e. The fourth-order valence-corrected chi connectivity index (χ4v) is 1.38. The van der Waals surface area contributed by atoms with Crippen molar-refractivity contribution < 1.29 is 4.79 Å². The molecule has 2 rings (SSSR count). The zero-order valence-corrected chi connectivity index (χ0v) is 7.53. The van der Waals surface area contributed by atoms with Crippen LogP contribution in [0.4, 0.5) is 0 Å². The van der Waals surface area contributed by atoms with E-state index >= 15 is 0 Å². The summed E-state index contributed by atoms with van der Waals surface area (Å²) in [6.45, 7) is 1.90. The number of hydrogen-bond donors (Lipinski definition) is 1. The molecule has 0 bridgehead atoms. The molecule has 1 aromatic rings. The highest BCUT2D eigenvalue weighted by molar-refractivity contribution is 5.92. The molecule has 0 saturated carbocycles. The summed E-state index contributed by atoms with van der Waals surface area (Å²) < 4.78 is 1.66. The van der Waals surface area contributed by atoms with Gasteiger partial charge in [0.15, 0.2) is 5.82 Å². The van der Waals surface area contributed by atoms with Crippen molar-refractivity contribution >= 4 is 5.78 Å². The number of aryl methyl sites for hydroxylation is 1. The second-order valence-electron chi connectivity index (χ2n) is 3.42. The van der Waals surface area contributed by atoms with E-state index in [1.807, 2.05) is 0 Å². The van der Waals surface area contributed by atoms with E-state index in [9.17, 15) is 4.79 Å². The summed E-state index contributed by atoms with van der Waals surface area (Å²) in [5.74, 6) is 1.04. The molecule has 13 heavy (non-hydrogen) atoms. The lowest BCUT2D eigenvalue weighted by Gasteiger charge is -2.25. The zero-order valence-electron chi connectivity index (χ0n) is 7.53. The Morgan fingerprint density at radius 2 is 2.54 bits per heavy atom. The number of nitrogens with zero attached hydrogens (tertiary/aromatic N) is 3. The maximum Gasteiger partial charge on any atom is 0.200 e. The van der Waals surface area contributed by atoms with Crippen LogP contribution in [0.5, 0.6) is 0 Å². The van der Waals surface area contributed by atoms with Gasteiger partial charge in [0.25, 0.3) is 0 Å². The Kier molecular flexibility index (Phi) is 2.10. The molecule has 5 nitrogen and oxygen atoms in total. The van der Waals surface area contributed by atoms with Gasteiger partial charge in [-0.1, -0.05) is 0 Å². The highest BCUT2D eigenvalue weighted by Crippen LogP contribution is 2.11.